The molecule has 0 bridgehead atoms. The molecule has 3 rings (SSSR count). The Labute approximate surface area is 156 Å². The summed E-state index contributed by atoms with van der Waals surface area (Å²) in [7, 11) is 4.36. The van der Waals surface area contributed by atoms with Gasteiger partial charge >= 0.3 is 0 Å². The SMILES string of the molecule is CN1CCN(C(c2ccc(C(C#N)C#N)cc2)N2CCN(C)CC2)CC1. The smallest absolute Gasteiger partial charge is 0.158 e. The summed E-state index contributed by atoms with van der Waals surface area (Å²) in [6, 6.07) is 12.2. The molecule has 1 aromatic rings. The molecule has 6 heteroatoms. The third-order valence-corrected chi connectivity index (χ3v) is 5.59. The number of rotatable bonds is 4. The maximum atomic E-state index is 9.12. The zero-order valence-electron chi connectivity index (χ0n) is 15.8. The van der Waals surface area contributed by atoms with Gasteiger partial charge in [0.15, 0.2) is 5.92 Å². The molecule has 0 radical (unpaired) electrons. The summed E-state index contributed by atoms with van der Waals surface area (Å²) in [6.45, 7) is 8.62. The van der Waals surface area contributed by atoms with E-state index >= 15 is 0 Å². The quantitative estimate of drug-likeness (QED) is 0.814. The van der Waals surface area contributed by atoms with Crippen molar-refractivity contribution >= 4 is 0 Å². The molecule has 0 unspecified atom stereocenters. The van der Waals surface area contributed by atoms with E-state index in [0.717, 1.165) is 57.9 Å². The van der Waals surface area contributed by atoms with E-state index < -0.39 is 5.92 Å². The normalized spacial score (nSPS) is 21.0. The summed E-state index contributed by atoms with van der Waals surface area (Å²) < 4.78 is 0. The number of hydrogen-bond donors (Lipinski definition) is 0. The van der Waals surface area contributed by atoms with E-state index in [1.165, 1.54) is 5.56 Å². The molecule has 0 amide bonds. The van der Waals surface area contributed by atoms with Crippen LogP contribution in [0.15, 0.2) is 24.3 Å². The highest BCUT2D eigenvalue weighted by Gasteiger charge is 2.30. The van der Waals surface area contributed by atoms with Crippen molar-refractivity contribution in [3.8, 4) is 12.1 Å². The Morgan fingerprint density at radius 3 is 1.46 bits per heavy atom. The first-order chi connectivity index (χ1) is 12.6. The van der Waals surface area contributed by atoms with Crippen molar-refractivity contribution in [2.24, 2.45) is 0 Å². The highest BCUT2D eigenvalue weighted by atomic mass is 15.4. The summed E-state index contributed by atoms with van der Waals surface area (Å²) in [5.74, 6) is -0.685. The van der Waals surface area contributed by atoms with Crippen LogP contribution in [0.2, 0.25) is 0 Å². The molecule has 0 N–H and O–H groups in total. The topological polar surface area (TPSA) is 60.5 Å². The average molecular weight is 352 g/mol. The Kier molecular flexibility index (Phi) is 6.24. The van der Waals surface area contributed by atoms with Gasteiger partial charge in [-0.2, -0.15) is 10.5 Å². The highest BCUT2D eigenvalue weighted by Crippen LogP contribution is 2.28. The van der Waals surface area contributed by atoms with Crippen molar-refractivity contribution in [3.63, 3.8) is 0 Å². The summed E-state index contributed by atoms with van der Waals surface area (Å²) in [4.78, 5) is 9.91. The average Bonchev–Trinajstić information content (AvgIpc) is 2.67. The Morgan fingerprint density at radius 1 is 0.692 bits per heavy atom. The number of likely N-dealkylation sites (N-methyl/N-ethyl adjacent to an activating group) is 2. The van der Waals surface area contributed by atoms with Gasteiger partial charge in [0.25, 0.3) is 0 Å². The maximum Gasteiger partial charge on any atom is 0.158 e. The third kappa shape index (κ3) is 4.23. The number of nitrogens with zero attached hydrogens (tertiary/aromatic N) is 6. The second-order valence-corrected chi connectivity index (χ2v) is 7.41. The van der Waals surface area contributed by atoms with E-state index in [9.17, 15) is 0 Å². The van der Waals surface area contributed by atoms with Crippen LogP contribution < -0.4 is 0 Å². The minimum atomic E-state index is -0.685. The van der Waals surface area contributed by atoms with Crippen LogP contribution in [0.4, 0.5) is 0 Å². The summed E-state index contributed by atoms with van der Waals surface area (Å²) >= 11 is 0. The molecule has 2 saturated heterocycles. The predicted molar refractivity (Wildman–Crippen MR) is 101 cm³/mol. The molecular weight excluding hydrogens is 324 g/mol. The van der Waals surface area contributed by atoms with E-state index in [4.69, 9.17) is 10.5 Å². The lowest BCUT2D eigenvalue weighted by Crippen LogP contribution is -2.54. The number of benzene rings is 1. The number of hydrogen-bond acceptors (Lipinski definition) is 6. The van der Waals surface area contributed by atoms with Crippen LogP contribution in [0.5, 0.6) is 0 Å². The zero-order chi connectivity index (χ0) is 18.5. The number of nitriles is 2. The third-order valence-electron chi connectivity index (χ3n) is 5.59. The Balaban J connectivity index is 1.83. The fourth-order valence-electron chi connectivity index (χ4n) is 3.82. The summed E-state index contributed by atoms with van der Waals surface area (Å²) in [5, 5.41) is 18.2. The van der Waals surface area contributed by atoms with Gasteiger partial charge in [0.05, 0.1) is 18.3 Å². The van der Waals surface area contributed by atoms with E-state index in [1.807, 2.05) is 12.1 Å². The predicted octanol–water partition coefficient (Wildman–Crippen LogP) is 1.31. The van der Waals surface area contributed by atoms with Gasteiger partial charge in [0.1, 0.15) is 0 Å². The molecule has 2 fully saturated rings. The van der Waals surface area contributed by atoms with Crippen LogP contribution in [0.25, 0.3) is 0 Å². The maximum absolute atomic E-state index is 9.12. The van der Waals surface area contributed by atoms with Crippen LogP contribution in [0.3, 0.4) is 0 Å². The first-order valence-electron chi connectivity index (χ1n) is 9.36. The monoisotopic (exact) mass is 352 g/mol. The molecule has 2 aliphatic heterocycles. The largest absolute Gasteiger partial charge is 0.304 e. The number of piperazine rings is 2. The van der Waals surface area contributed by atoms with Gasteiger partial charge in [-0.15, -0.1) is 0 Å². The van der Waals surface area contributed by atoms with Crippen molar-refractivity contribution in [1.82, 2.24) is 19.6 Å². The van der Waals surface area contributed by atoms with Crippen LogP contribution in [0, 0.1) is 22.7 Å². The molecule has 0 aliphatic carbocycles. The lowest BCUT2D eigenvalue weighted by molar-refractivity contribution is -0.0106. The molecule has 6 nitrogen and oxygen atoms in total. The van der Waals surface area contributed by atoms with Gasteiger partial charge in [-0.1, -0.05) is 24.3 Å². The van der Waals surface area contributed by atoms with Gasteiger partial charge < -0.3 is 9.80 Å². The standard InChI is InChI=1S/C20H28N6/c1-23-7-11-25(12-8-23)20(26-13-9-24(2)10-14-26)18-5-3-17(4-6-18)19(15-21)16-22/h3-6,19-20H,7-14H2,1-2H3. The summed E-state index contributed by atoms with van der Waals surface area (Å²) in [5.41, 5.74) is 2.05. The fraction of sp³-hybridized carbons (Fsp3) is 0.600. The van der Waals surface area contributed by atoms with E-state index in [0.29, 0.717) is 0 Å². The summed E-state index contributed by atoms with van der Waals surface area (Å²) in [6.07, 6.45) is 0.272. The Bertz CT molecular complexity index is 621. The molecular formula is C20H28N6. The second kappa shape index (κ2) is 8.62. The molecule has 1 aromatic carbocycles. The van der Waals surface area contributed by atoms with Crippen molar-refractivity contribution in [3.05, 3.63) is 35.4 Å². The van der Waals surface area contributed by atoms with Crippen molar-refractivity contribution in [2.75, 3.05) is 66.5 Å². The van der Waals surface area contributed by atoms with Crippen LogP contribution in [0.1, 0.15) is 23.2 Å². The van der Waals surface area contributed by atoms with Gasteiger partial charge in [-0.3, -0.25) is 9.80 Å². The van der Waals surface area contributed by atoms with E-state index in [2.05, 4.69) is 58.0 Å². The first kappa shape index (κ1) is 18.8. The van der Waals surface area contributed by atoms with Gasteiger partial charge in [0.2, 0.25) is 0 Å². The van der Waals surface area contributed by atoms with Crippen molar-refractivity contribution < 1.29 is 0 Å². The highest BCUT2D eigenvalue weighted by molar-refractivity contribution is 5.34. The Morgan fingerprint density at radius 2 is 1.08 bits per heavy atom. The van der Waals surface area contributed by atoms with Crippen LogP contribution in [-0.2, 0) is 0 Å². The molecule has 2 aliphatic rings. The van der Waals surface area contributed by atoms with Crippen molar-refractivity contribution in [1.29, 1.82) is 10.5 Å². The van der Waals surface area contributed by atoms with Crippen LogP contribution in [-0.4, -0.2) is 86.1 Å². The van der Waals surface area contributed by atoms with E-state index in [1.54, 1.807) is 0 Å². The van der Waals surface area contributed by atoms with Crippen LogP contribution >= 0.6 is 0 Å². The zero-order valence-corrected chi connectivity index (χ0v) is 15.8. The minimum Gasteiger partial charge on any atom is -0.304 e. The lowest BCUT2D eigenvalue weighted by atomic mass is 9.99. The fourth-order valence-corrected chi connectivity index (χ4v) is 3.82. The lowest BCUT2D eigenvalue weighted by Gasteiger charge is -2.46. The van der Waals surface area contributed by atoms with E-state index in [-0.39, 0.29) is 6.17 Å². The molecule has 0 saturated carbocycles. The van der Waals surface area contributed by atoms with Gasteiger partial charge in [-0.05, 0) is 25.2 Å². The first-order valence-corrected chi connectivity index (χ1v) is 9.36. The molecule has 2 heterocycles. The minimum absolute atomic E-state index is 0.272. The Hall–Kier alpha value is -1.96. The molecule has 0 atom stereocenters. The second-order valence-electron chi connectivity index (χ2n) is 7.41. The molecule has 0 aromatic heterocycles. The van der Waals surface area contributed by atoms with Gasteiger partial charge in [-0.25, -0.2) is 0 Å². The molecule has 138 valence electrons. The van der Waals surface area contributed by atoms with Crippen molar-refractivity contribution in [2.45, 2.75) is 12.1 Å². The molecule has 26 heavy (non-hydrogen) atoms. The molecule has 0 spiro atoms. The van der Waals surface area contributed by atoms with Gasteiger partial charge in [0, 0.05) is 52.4 Å².